The summed E-state index contributed by atoms with van der Waals surface area (Å²) in [4.78, 5) is 4.40. The fourth-order valence-corrected chi connectivity index (χ4v) is 2.08. The Balaban J connectivity index is 1.75. The van der Waals surface area contributed by atoms with E-state index in [2.05, 4.69) is 22.3 Å². The normalized spacial score (nSPS) is 12.2. The summed E-state index contributed by atoms with van der Waals surface area (Å²) in [6.45, 7) is 2.12. The van der Waals surface area contributed by atoms with Gasteiger partial charge in [0.1, 0.15) is 5.76 Å². The quantitative estimate of drug-likeness (QED) is 0.770. The maximum Gasteiger partial charge on any atom is 0.153 e. The van der Waals surface area contributed by atoms with E-state index in [1.807, 2.05) is 42.7 Å². The molecule has 0 saturated heterocycles. The Morgan fingerprint density at radius 2 is 2.25 bits per heavy atom. The first-order valence-electron chi connectivity index (χ1n) is 6.63. The van der Waals surface area contributed by atoms with Crippen molar-refractivity contribution in [3.63, 3.8) is 0 Å². The minimum atomic E-state index is 0.155. The molecule has 20 heavy (non-hydrogen) atoms. The van der Waals surface area contributed by atoms with Gasteiger partial charge in [-0.05, 0) is 36.8 Å². The third-order valence-electron chi connectivity index (χ3n) is 3.12. The van der Waals surface area contributed by atoms with E-state index in [0.29, 0.717) is 0 Å². The number of rotatable bonds is 5. The number of nitrogens with one attached hydrogen (secondary N) is 1. The molecule has 3 aromatic rings. The highest BCUT2D eigenvalue weighted by molar-refractivity contribution is 5.45. The second kappa shape index (κ2) is 5.61. The van der Waals surface area contributed by atoms with Crippen LogP contribution in [0.4, 0.5) is 5.69 Å². The fourth-order valence-electron chi connectivity index (χ4n) is 2.08. The van der Waals surface area contributed by atoms with Gasteiger partial charge in [0.15, 0.2) is 5.82 Å². The Bertz CT molecular complexity index is 629. The Kier molecular flexibility index (Phi) is 3.50. The average Bonchev–Trinajstić information content (AvgIpc) is 3.18. The Morgan fingerprint density at radius 3 is 2.85 bits per heavy atom. The van der Waals surface area contributed by atoms with E-state index >= 15 is 0 Å². The zero-order valence-electron chi connectivity index (χ0n) is 11.2. The lowest BCUT2D eigenvalue weighted by atomic mass is 10.1. The van der Waals surface area contributed by atoms with E-state index in [0.717, 1.165) is 23.7 Å². The lowest BCUT2D eigenvalue weighted by Gasteiger charge is -2.15. The Morgan fingerprint density at radius 1 is 1.30 bits per heavy atom. The molecule has 1 unspecified atom stereocenters. The van der Waals surface area contributed by atoms with Gasteiger partial charge >= 0.3 is 0 Å². The molecule has 0 amide bonds. The number of hydrogen-bond donors (Lipinski definition) is 1. The molecule has 102 valence electrons. The van der Waals surface area contributed by atoms with Crippen LogP contribution < -0.4 is 5.32 Å². The third-order valence-corrected chi connectivity index (χ3v) is 3.12. The van der Waals surface area contributed by atoms with Crippen LogP contribution in [0, 0.1) is 0 Å². The van der Waals surface area contributed by atoms with Crippen LogP contribution in [0.5, 0.6) is 0 Å². The van der Waals surface area contributed by atoms with E-state index < -0.39 is 0 Å². The molecule has 0 saturated carbocycles. The summed E-state index contributed by atoms with van der Waals surface area (Å²) in [6, 6.07) is 9.84. The molecule has 5 nitrogen and oxygen atoms in total. The third kappa shape index (κ3) is 2.56. The number of aromatic nitrogens is 3. The van der Waals surface area contributed by atoms with E-state index in [1.165, 1.54) is 0 Å². The van der Waals surface area contributed by atoms with Crippen LogP contribution >= 0.6 is 0 Å². The Hall–Kier alpha value is -2.56. The number of hydrogen-bond acceptors (Lipinski definition) is 4. The monoisotopic (exact) mass is 268 g/mol. The highest BCUT2D eigenvalue weighted by Crippen LogP contribution is 2.22. The summed E-state index contributed by atoms with van der Waals surface area (Å²) in [5.41, 5.74) is 0.962. The largest absolute Gasteiger partial charge is 0.467 e. The smallest absolute Gasteiger partial charge is 0.153 e. The van der Waals surface area contributed by atoms with Crippen molar-refractivity contribution in [3.8, 4) is 5.82 Å². The van der Waals surface area contributed by atoms with Crippen molar-refractivity contribution in [1.82, 2.24) is 14.8 Å². The molecule has 1 atom stereocenters. The molecule has 0 aliphatic carbocycles. The Labute approximate surface area is 117 Å². The highest BCUT2D eigenvalue weighted by Gasteiger charge is 2.11. The van der Waals surface area contributed by atoms with Gasteiger partial charge in [0.05, 0.1) is 24.2 Å². The van der Waals surface area contributed by atoms with Crippen molar-refractivity contribution in [1.29, 1.82) is 0 Å². The van der Waals surface area contributed by atoms with Crippen molar-refractivity contribution in [2.75, 3.05) is 5.32 Å². The van der Waals surface area contributed by atoms with Crippen LogP contribution in [-0.4, -0.2) is 14.8 Å². The van der Waals surface area contributed by atoms with E-state index in [4.69, 9.17) is 4.42 Å². The first kappa shape index (κ1) is 12.5. The van der Waals surface area contributed by atoms with Crippen molar-refractivity contribution < 1.29 is 4.42 Å². The standard InChI is InChI=1S/C15H16N4O/c1-2-13(14-5-3-10-20-14)18-12-6-7-15(16-11-12)19-9-4-8-17-19/h3-11,13,18H,2H2,1H3. The van der Waals surface area contributed by atoms with Crippen LogP contribution in [0.25, 0.3) is 5.82 Å². The molecule has 3 rings (SSSR count). The number of anilines is 1. The molecule has 5 heteroatoms. The van der Waals surface area contributed by atoms with Crippen molar-refractivity contribution in [3.05, 3.63) is 60.9 Å². The van der Waals surface area contributed by atoms with Gasteiger partial charge < -0.3 is 9.73 Å². The van der Waals surface area contributed by atoms with Gasteiger partial charge in [0, 0.05) is 12.4 Å². The molecule has 0 spiro atoms. The summed E-state index contributed by atoms with van der Waals surface area (Å²) in [5.74, 6) is 1.73. The van der Waals surface area contributed by atoms with Gasteiger partial charge in [-0.15, -0.1) is 0 Å². The molecular weight excluding hydrogens is 252 g/mol. The fraction of sp³-hybridized carbons (Fsp3) is 0.200. The van der Waals surface area contributed by atoms with Crippen molar-refractivity contribution >= 4 is 5.69 Å². The van der Waals surface area contributed by atoms with Gasteiger partial charge in [0.2, 0.25) is 0 Å². The van der Waals surface area contributed by atoms with Gasteiger partial charge in [-0.3, -0.25) is 0 Å². The molecule has 3 heterocycles. The molecule has 1 N–H and O–H groups in total. The minimum Gasteiger partial charge on any atom is -0.467 e. The summed E-state index contributed by atoms with van der Waals surface area (Å²) in [7, 11) is 0. The molecule has 0 bridgehead atoms. The summed E-state index contributed by atoms with van der Waals surface area (Å²) < 4.78 is 7.17. The van der Waals surface area contributed by atoms with Gasteiger partial charge in [-0.2, -0.15) is 5.10 Å². The molecule has 0 fully saturated rings. The van der Waals surface area contributed by atoms with Gasteiger partial charge in [-0.1, -0.05) is 6.92 Å². The predicted molar refractivity (Wildman–Crippen MR) is 76.7 cm³/mol. The SMILES string of the molecule is CCC(Nc1ccc(-n2cccn2)nc1)c1ccco1. The second-order valence-electron chi connectivity index (χ2n) is 4.48. The van der Waals surface area contributed by atoms with Crippen LogP contribution in [0.3, 0.4) is 0 Å². The number of furan rings is 1. The van der Waals surface area contributed by atoms with Crippen molar-refractivity contribution in [2.24, 2.45) is 0 Å². The van der Waals surface area contributed by atoms with Crippen molar-refractivity contribution in [2.45, 2.75) is 19.4 Å². The zero-order chi connectivity index (χ0) is 13.8. The summed E-state index contributed by atoms with van der Waals surface area (Å²) >= 11 is 0. The maximum atomic E-state index is 5.44. The second-order valence-corrected chi connectivity index (χ2v) is 4.48. The van der Waals surface area contributed by atoms with Gasteiger partial charge in [0.25, 0.3) is 0 Å². The highest BCUT2D eigenvalue weighted by atomic mass is 16.3. The summed E-state index contributed by atoms with van der Waals surface area (Å²) in [5, 5.41) is 7.57. The topological polar surface area (TPSA) is 55.9 Å². The molecule has 0 aliphatic rings. The van der Waals surface area contributed by atoms with E-state index in [-0.39, 0.29) is 6.04 Å². The number of pyridine rings is 1. The zero-order valence-corrected chi connectivity index (χ0v) is 11.2. The predicted octanol–water partition coefficient (Wildman–Crippen LogP) is 3.42. The molecule has 0 radical (unpaired) electrons. The van der Waals surface area contributed by atoms with E-state index in [1.54, 1.807) is 17.1 Å². The van der Waals surface area contributed by atoms with Gasteiger partial charge in [-0.25, -0.2) is 9.67 Å². The van der Waals surface area contributed by atoms with Crippen LogP contribution in [0.1, 0.15) is 25.1 Å². The van der Waals surface area contributed by atoms with Crippen LogP contribution in [-0.2, 0) is 0 Å². The first-order valence-corrected chi connectivity index (χ1v) is 6.63. The lowest BCUT2D eigenvalue weighted by molar-refractivity contribution is 0.474. The molecule has 0 aromatic carbocycles. The number of nitrogens with zero attached hydrogens (tertiary/aromatic N) is 3. The summed E-state index contributed by atoms with van der Waals surface area (Å²) in [6.07, 6.45) is 8.04. The first-order chi connectivity index (χ1) is 9.86. The van der Waals surface area contributed by atoms with Crippen LogP contribution in [0.15, 0.2) is 59.6 Å². The van der Waals surface area contributed by atoms with E-state index in [9.17, 15) is 0 Å². The maximum absolute atomic E-state index is 5.44. The molecule has 3 aromatic heterocycles. The minimum absolute atomic E-state index is 0.155. The lowest BCUT2D eigenvalue weighted by Crippen LogP contribution is -2.09. The van der Waals surface area contributed by atoms with Crippen LogP contribution in [0.2, 0.25) is 0 Å². The molecular formula is C15H16N4O. The average molecular weight is 268 g/mol. The molecule has 0 aliphatic heterocycles.